The number of H-pyrrole nitrogens is 1. The third-order valence-electron chi connectivity index (χ3n) is 3.66. The number of phenols is 1. The number of carbonyl (C=O) groups is 1. The number of phenolic OH excluding ortho intramolecular Hbond substituents is 1. The molecule has 2 aromatic carbocycles. The Bertz CT molecular complexity index is 863. The Balaban J connectivity index is 1.82. The average Bonchev–Trinajstić information content (AvgIpc) is 3.01. The first-order valence-electron chi connectivity index (χ1n) is 7.41. The molecule has 0 spiro atoms. The zero-order chi connectivity index (χ0) is 16.2. The molecule has 0 bridgehead atoms. The number of carbonyl (C=O) groups excluding carboxylic acids is 1. The zero-order valence-electron chi connectivity index (χ0n) is 12.7. The van der Waals surface area contributed by atoms with Crippen molar-refractivity contribution in [3.8, 4) is 5.75 Å². The van der Waals surface area contributed by atoms with Gasteiger partial charge in [0.2, 0.25) is 0 Å². The summed E-state index contributed by atoms with van der Waals surface area (Å²) in [5, 5.41) is 14.4. The highest BCUT2D eigenvalue weighted by molar-refractivity contribution is 6.07. The number of aromatic amines is 1. The molecule has 23 heavy (non-hydrogen) atoms. The summed E-state index contributed by atoms with van der Waals surface area (Å²) in [4.78, 5) is 15.4. The highest BCUT2D eigenvalue weighted by atomic mass is 16.3. The number of fused-ring (bicyclic) bond motifs is 1. The number of aromatic nitrogens is 1. The summed E-state index contributed by atoms with van der Waals surface area (Å²) in [6.45, 7) is 1.96. The largest absolute Gasteiger partial charge is 0.508 e. The van der Waals surface area contributed by atoms with Crippen LogP contribution < -0.4 is 5.43 Å². The Morgan fingerprint density at radius 2 is 1.91 bits per heavy atom. The second-order valence-electron chi connectivity index (χ2n) is 5.15. The summed E-state index contributed by atoms with van der Waals surface area (Å²) in [6.07, 6.45) is 2.35. The number of hydrazone groups is 1. The van der Waals surface area contributed by atoms with Gasteiger partial charge in [-0.3, -0.25) is 4.79 Å². The molecule has 5 heteroatoms. The van der Waals surface area contributed by atoms with E-state index >= 15 is 0 Å². The number of nitrogens with zero attached hydrogens (tertiary/aromatic N) is 1. The maximum Gasteiger partial charge on any atom is 0.273 e. The molecule has 0 unspecified atom stereocenters. The van der Waals surface area contributed by atoms with Gasteiger partial charge < -0.3 is 10.1 Å². The minimum atomic E-state index is -0.257. The van der Waals surface area contributed by atoms with Crippen LogP contribution in [0.15, 0.2) is 59.8 Å². The van der Waals surface area contributed by atoms with Crippen molar-refractivity contribution in [2.75, 3.05) is 0 Å². The third-order valence-corrected chi connectivity index (χ3v) is 3.66. The fourth-order valence-electron chi connectivity index (χ4n) is 2.44. The minimum absolute atomic E-state index is 0.201. The van der Waals surface area contributed by atoms with Gasteiger partial charge in [0.15, 0.2) is 0 Å². The van der Waals surface area contributed by atoms with Crippen molar-refractivity contribution in [1.29, 1.82) is 0 Å². The van der Waals surface area contributed by atoms with Gasteiger partial charge in [-0.1, -0.05) is 25.1 Å². The van der Waals surface area contributed by atoms with E-state index in [1.165, 1.54) is 0 Å². The number of hydrogen-bond donors (Lipinski definition) is 3. The van der Waals surface area contributed by atoms with E-state index in [1.807, 2.05) is 31.2 Å². The quantitative estimate of drug-likeness (QED) is 0.510. The summed E-state index contributed by atoms with van der Waals surface area (Å²) in [5.41, 5.74) is 5.69. The van der Waals surface area contributed by atoms with Gasteiger partial charge in [-0.25, -0.2) is 5.43 Å². The summed E-state index contributed by atoms with van der Waals surface area (Å²) < 4.78 is 0. The number of para-hydroxylation sites is 1. The fraction of sp³-hybridized carbons (Fsp3) is 0.111. The van der Waals surface area contributed by atoms with Gasteiger partial charge in [-0.2, -0.15) is 5.10 Å². The van der Waals surface area contributed by atoms with Crippen molar-refractivity contribution in [3.63, 3.8) is 0 Å². The number of hydrogen-bond acceptors (Lipinski definition) is 3. The van der Waals surface area contributed by atoms with Crippen LogP contribution in [-0.2, 0) is 0 Å². The highest BCUT2D eigenvalue weighted by Crippen LogP contribution is 2.17. The Hall–Kier alpha value is -3.08. The van der Waals surface area contributed by atoms with Crippen LogP contribution in [0.2, 0.25) is 0 Å². The van der Waals surface area contributed by atoms with Gasteiger partial charge >= 0.3 is 0 Å². The number of amides is 1. The maximum atomic E-state index is 12.3. The fourth-order valence-corrected chi connectivity index (χ4v) is 2.44. The highest BCUT2D eigenvalue weighted by Gasteiger charge is 2.11. The molecule has 1 aromatic heterocycles. The topological polar surface area (TPSA) is 77.5 Å². The van der Waals surface area contributed by atoms with Crippen molar-refractivity contribution in [2.24, 2.45) is 5.10 Å². The summed E-state index contributed by atoms with van der Waals surface area (Å²) in [7, 11) is 0. The van der Waals surface area contributed by atoms with Crippen LogP contribution in [0.25, 0.3) is 10.9 Å². The first-order chi connectivity index (χ1) is 11.2. The maximum absolute atomic E-state index is 12.3. The number of nitrogens with one attached hydrogen (secondary N) is 2. The van der Waals surface area contributed by atoms with E-state index < -0.39 is 0 Å². The molecular weight excluding hydrogens is 290 g/mol. The summed E-state index contributed by atoms with van der Waals surface area (Å²) in [6, 6.07) is 14.4. The van der Waals surface area contributed by atoms with Crippen LogP contribution in [0.4, 0.5) is 0 Å². The molecule has 116 valence electrons. The number of aromatic hydroxyl groups is 1. The molecule has 0 atom stereocenters. The molecule has 3 N–H and O–H groups in total. The van der Waals surface area contributed by atoms with E-state index in [4.69, 9.17) is 0 Å². The molecule has 0 aliphatic carbocycles. The van der Waals surface area contributed by atoms with Gasteiger partial charge in [-0.15, -0.1) is 0 Å². The second-order valence-corrected chi connectivity index (χ2v) is 5.15. The lowest BCUT2D eigenvalue weighted by molar-refractivity contribution is 0.0956. The lowest BCUT2D eigenvalue weighted by Crippen LogP contribution is -2.19. The SMILES string of the molecule is CC/C(=N\NC(=O)c1c[nH]c2ccccc12)c1ccc(O)cc1. The van der Waals surface area contributed by atoms with E-state index in [2.05, 4.69) is 15.5 Å². The minimum Gasteiger partial charge on any atom is -0.508 e. The van der Waals surface area contributed by atoms with Crippen LogP contribution in [0.3, 0.4) is 0 Å². The van der Waals surface area contributed by atoms with Crippen molar-refractivity contribution >= 4 is 22.5 Å². The predicted molar refractivity (Wildman–Crippen MR) is 90.7 cm³/mol. The Labute approximate surface area is 133 Å². The van der Waals surface area contributed by atoms with Crippen LogP contribution in [0.5, 0.6) is 5.75 Å². The smallest absolute Gasteiger partial charge is 0.273 e. The molecule has 0 saturated heterocycles. The van der Waals surface area contributed by atoms with Crippen molar-refractivity contribution in [2.45, 2.75) is 13.3 Å². The van der Waals surface area contributed by atoms with E-state index in [-0.39, 0.29) is 11.7 Å². The van der Waals surface area contributed by atoms with Crippen molar-refractivity contribution in [1.82, 2.24) is 10.4 Å². The lowest BCUT2D eigenvalue weighted by Gasteiger charge is -2.05. The molecule has 0 radical (unpaired) electrons. The molecule has 3 rings (SSSR count). The molecule has 1 amide bonds. The predicted octanol–water partition coefficient (Wildman–Crippen LogP) is 3.42. The van der Waals surface area contributed by atoms with Gasteiger partial charge in [0.1, 0.15) is 5.75 Å². The Kier molecular flexibility index (Phi) is 4.10. The second kappa shape index (κ2) is 6.36. The average molecular weight is 307 g/mol. The van der Waals surface area contributed by atoms with E-state index in [0.29, 0.717) is 12.0 Å². The molecule has 1 heterocycles. The normalized spacial score (nSPS) is 11.6. The van der Waals surface area contributed by atoms with Crippen LogP contribution in [-0.4, -0.2) is 21.7 Å². The third kappa shape index (κ3) is 3.08. The molecule has 0 fully saturated rings. The Morgan fingerprint density at radius 1 is 1.17 bits per heavy atom. The number of rotatable bonds is 4. The van der Waals surface area contributed by atoms with Gasteiger partial charge in [-0.05, 0) is 42.3 Å². The van der Waals surface area contributed by atoms with Crippen molar-refractivity contribution in [3.05, 3.63) is 65.9 Å². The van der Waals surface area contributed by atoms with E-state index in [1.54, 1.807) is 30.5 Å². The van der Waals surface area contributed by atoms with Gasteiger partial charge in [0.25, 0.3) is 5.91 Å². The van der Waals surface area contributed by atoms with Crippen LogP contribution in [0.1, 0.15) is 29.3 Å². The van der Waals surface area contributed by atoms with Crippen LogP contribution >= 0.6 is 0 Å². The van der Waals surface area contributed by atoms with E-state index in [0.717, 1.165) is 22.2 Å². The van der Waals surface area contributed by atoms with Crippen LogP contribution in [0, 0.1) is 0 Å². The molecule has 3 aromatic rings. The molecule has 0 aliphatic heterocycles. The Morgan fingerprint density at radius 3 is 2.65 bits per heavy atom. The van der Waals surface area contributed by atoms with Gasteiger partial charge in [0, 0.05) is 17.1 Å². The standard InChI is InChI=1S/C18H17N3O2/c1-2-16(12-7-9-13(22)10-8-12)20-21-18(23)15-11-19-17-6-4-3-5-14(15)17/h3-11,19,22H,2H2,1H3,(H,21,23)/b20-16+. The van der Waals surface area contributed by atoms with E-state index in [9.17, 15) is 9.90 Å². The number of benzene rings is 2. The molecule has 0 saturated carbocycles. The summed E-state index contributed by atoms with van der Waals surface area (Å²) >= 11 is 0. The monoisotopic (exact) mass is 307 g/mol. The van der Waals surface area contributed by atoms with Gasteiger partial charge in [0.05, 0.1) is 11.3 Å². The molecule has 0 aliphatic rings. The first kappa shape index (κ1) is 14.8. The lowest BCUT2D eigenvalue weighted by atomic mass is 10.1. The first-order valence-corrected chi connectivity index (χ1v) is 7.41. The van der Waals surface area contributed by atoms with Crippen molar-refractivity contribution < 1.29 is 9.90 Å². The zero-order valence-corrected chi connectivity index (χ0v) is 12.7. The molecule has 5 nitrogen and oxygen atoms in total. The molecular formula is C18H17N3O2. The summed E-state index contributed by atoms with van der Waals surface area (Å²) in [5.74, 6) is -0.0563.